The predicted octanol–water partition coefficient (Wildman–Crippen LogP) is 1.96. The fourth-order valence-electron chi connectivity index (χ4n) is 2.37. The van der Waals surface area contributed by atoms with Gasteiger partial charge in [0.25, 0.3) is 17.4 Å². The summed E-state index contributed by atoms with van der Waals surface area (Å²) in [6.07, 6.45) is 3.51. The molecule has 3 rings (SSSR count). The molecule has 1 aromatic carbocycles. The Morgan fingerprint density at radius 2 is 2.29 bits per heavy atom. The van der Waals surface area contributed by atoms with Crippen molar-refractivity contribution in [2.75, 3.05) is 5.32 Å². The molecule has 0 bridgehead atoms. The van der Waals surface area contributed by atoms with E-state index >= 15 is 0 Å². The molecule has 0 spiro atoms. The van der Waals surface area contributed by atoms with Crippen LogP contribution in [-0.2, 0) is 22.7 Å². The lowest BCUT2D eigenvalue weighted by Gasteiger charge is -2.33. The molecule has 2 N–H and O–H groups in total. The van der Waals surface area contributed by atoms with Crippen molar-refractivity contribution in [3.05, 3.63) is 41.2 Å². The Labute approximate surface area is 143 Å². The van der Waals surface area contributed by atoms with Gasteiger partial charge in [-0.3, -0.25) is 14.3 Å². The van der Waals surface area contributed by atoms with Gasteiger partial charge >= 0.3 is 0 Å². The summed E-state index contributed by atoms with van der Waals surface area (Å²) in [7, 11) is 0. The number of anilines is 1. The first-order valence-corrected chi connectivity index (χ1v) is 7.90. The van der Waals surface area contributed by atoms with Crippen molar-refractivity contribution >= 4 is 29.1 Å². The van der Waals surface area contributed by atoms with Crippen LogP contribution in [-0.4, -0.2) is 27.2 Å². The summed E-state index contributed by atoms with van der Waals surface area (Å²) in [6.45, 7) is 4.42. The van der Waals surface area contributed by atoms with E-state index in [-0.39, 0.29) is 6.54 Å². The molecule has 1 aliphatic rings. The molecule has 2 amide bonds. The fourth-order valence-corrected chi connectivity index (χ4v) is 2.54. The highest BCUT2D eigenvalue weighted by molar-refractivity contribution is 6.31. The number of nitrogens with zero attached hydrogens (tertiary/aromatic N) is 2. The summed E-state index contributed by atoms with van der Waals surface area (Å²) >= 11 is 5.90. The molecule has 8 heteroatoms. The number of fused-ring (bicyclic) bond motifs is 1. The Morgan fingerprint density at radius 3 is 3.00 bits per heavy atom. The molecule has 126 valence electrons. The summed E-state index contributed by atoms with van der Waals surface area (Å²) in [5, 5.41) is 9.98. The number of carbonyl (C=O) groups is 2. The second-order valence-corrected chi connectivity index (χ2v) is 6.05. The van der Waals surface area contributed by atoms with Crippen molar-refractivity contribution in [1.82, 2.24) is 15.1 Å². The molecule has 24 heavy (non-hydrogen) atoms. The largest absolute Gasteiger partial charge is 0.466 e. The lowest BCUT2D eigenvalue weighted by molar-refractivity contribution is -0.146. The van der Waals surface area contributed by atoms with Crippen molar-refractivity contribution in [1.29, 1.82) is 0 Å². The average Bonchev–Trinajstić information content (AvgIpc) is 3.02. The number of nitrogens with one attached hydrogen (secondary N) is 2. The molecular weight excluding hydrogens is 332 g/mol. The van der Waals surface area contributed by atoms with E-state index in [1.165, 1.54) is 6.92 Å². The number of ether oxygens (including phenoxy) is 1. The van der Waals surface area contributed by atoms with Gasteiger partial charge in [0.05, 0.1) is 11.9 Å². The Bertz CT molecular complexity index is 804. The van der Waals surface area contributed by atoms with Crippen LogP contribution in [0.3, 0.4) is 0 Å². The van der Waals surface area contributed by atoms with Crippen LogP contribution in [0.5, 0.6) is 5.75 Å². The van der Waals surface area contributed by atoms with Gasteiger partial charge in [-0.2, -0.15) is 5.10 Å². The fraction of sp³-hybridized carbons (Fsp3) is 0.312. The highest BCUT2D eigenvalue weighted by Gasteiger charge is 2.47. The standard InChI is InChI=1S/C16H17ClN4O3/c1-3-21-9-10(8-19-21)7-18-14(22)16(2)15(23)20-12-6-11(17)4-5-13(12)24-16/h4-6,8-9H,3,7H2,1-2H3,(H,18,22)(H,20,23). The number of benzene rings is 1. The third-order valence-corrected chi connectivity index (χ3v) is 4.07. The number of hydrogen-bond donors (Lipinski definition) is 2. The molecule has 7 nitrogen and oxygen atoms in total. The van der Waals surface area contributed by atoms with Crippen LogP contribution in [0.15, 0.2) is 30.6 Å². The van der Waals surface area contributed by atoms with Crippen molar-refractivity contribution < 1.29 is 14.3 Å². The molecular formula is C16H17ClN4O3. The van der Waals surface area contributed by atoms with Gasteiger partial charge in [0.1, 0.15) is 5.75 Å². The molecule has 1 atom stereocenters. The van der Waals surface area contributed by atoms with Crippen LogP contribution in [0, 0.1) is 0 Å². The van der Waals surface area contributed by atoms with Crippen LogP contribution in [0.1, 0.15) is 19.4 Å². The lowest BCUT2D eigenvalue weighted by Crippen LogP contribution is -2.58. The van der Waals surface area contributed by atoms with E-state index < -0.39 is 17.4 Å². The lowest BCUT2D eigenvalue weighted by atomic mass is 10.0. The Kier molecular flexibility index (Phi) is 4.19. The van der Waals surface area contributed by atoms with E-state index in [2.05, 4.69) is 15.7 Å². The number of rotatable bonds is 4. The van der Waals surface area contributed by atoms with E-state index in [9.17, 15) is 9.59 Å². The Balaban J connectivity index is 1.73. The molecule has 1 aromatic heterocycles. The van der Waals surface area contributed by atoms with Crippen molar-refractivity contribution in [2.45, 2.75) is 32.5 Å². The van der Waals surface area contributed by atoms with Crippen molar-refractivity contribution in [2.24, 2.45) is 0 Å². The summed E-state index contributed by atoms with van der Waals surface area (Å²) < 4.78 is 7.42. The first kappa shape index (κ1) is 16.3. The van der Waals surface area contributed by atoms with Crippen LogP contribution in [0.25, 0.3) is 0 Å². The van der Waals surface area contributed by atoms with Gasteiger partial charge in [0.15, 0.2) is 0 Å². The van der Waals surface area contributed by atoms with E-state index in [0.717, 1.165) is 12.1 Å². The average molecular weight is 349 g/mol. The minimum absolute atomic E-state index is 0.262. The van der Waals surface area contributed by atoms with E-state index in [1.807, 2.05) is 13.1 Å². The number of amides is 2. The molecule has 1 aliphatic heterocycles. The smallest absolute Gasteiger partial charge is 0.278 e. The van der Waals surface area contributed by atoms with Crippen molar-refractivity contribution in [3.8, 4) is 5.75 Å². The van der Waals surface area contributed by atoms with Crippen LogP contribution in [0.4, 0.5) is 5.69 Å². The van der Waals surface area contributed by atoms with Crippen LogP contribution >= 0.6 is 11.6 Å². The SMILES string of the molecule is CCn1cc(CNC(=O)C2(C)Oc3ccc(Cl)cc3NC2=O)cn1. The third-order valence-electron chi connectivity index (χ3n) is 3.83. The second kappa shape index (κ2) is 6.16. The van der Waals surface area contributed by atoms with E-state index in [0.29, 0.717) is 16.5 Å². The van der Waals surface area contributed by atoms with Gasteiger partial charge in [0, 0.05) is 29.9 Å². The number of carbonyl (C=O) groups excluding carboxylic acids is 2. The summed E-state index contributed by atoms with van der Waals surface area (Å²) in [5.41, 5.74) is -0.360. The predicted molar refractivity (Wildman–Crippen MR) is 88.9 cm³/mol. The van der Waals surface area contributed by atoms with Gasteiger partial charge in [0.2, 0.25) is 0 Å². The molecule has 0 aliphatic carbocycles. The maximum atomic E-state index is 12.5. The molecule has 2 heterocycles. The monoisotopic (exact) mass is 348 g/mol. The van der Waals surface area contributed by atoms with Gasteiger partial charge in [-0.25, -0.2) is 0 Å². The molecule has 0 saturated heterocycles. The first-order valence-electron chi connectivity index (χ1n) is 7.52. The quantitative estimate of drug-likeness (QED) is 0.827. The van der Waals surface area contributed by atoms with E-state index in [1.54, 1.807) is 29.1 Å². The topological polar surface area (TPSA) is 85.3 Å². The summed E-state index contributed by atoms with van der Waals surface area (Å²) in [4.78, 5) is 24.8. The summed E-state index contributed by atoms with van der Waals surface area (Å²) in [6, 6.07) is 4.83. The van der Waals surface area contributed by atoms with E-state index in [4.69, 9.17) is 16.3 Å². The Morgan fingerprint density at radius 1 is 1.50 bits per heavy atom. The van der Waals surface area contributed by atoms with Gasteiger partial charge in [-0.15, -0.1) is 0 Å². The number of halogens is 1. The zero-order valence-electron chi connectivity index (χ0n) is 13.3. The number of aryl methyl sites for hydroxylation is 1. The minimum Gasteiger partial charge on any atom is -0.466 e. The number of aromatic nitrogens is 2. The zero-order valence-corrected chi connectivity index (χ0v) is 14.1. The van der Waals surface area contributed by atoms with Gasteiger partial charge in [-0.05, 0) is 32.0 Å². The van der Waals surface area contributed by atoms with Crippen LogP contribution < -0.4 is 15.4 Å². The van der Waals surface area contributed by atoms with Gasteiger partial charge in [-0.1, -0.05) is 11.6 Å². The highest BCUT2D eigenvalue weighted by atomic mass is 35.5. The third kappa shape index (κ3) is 2.94. The second-order valence-electron chi connectivity index (χ2n) is 5.62. The van der Waals surface area contributed by atoms with Crippen molar-refractivity contribution in [3.63, 3.8) is 0 Å². The maximum Gasteiger partial charge on any atom is 0.278 e. The maximum absolute atomic E-state index is 12.5. The Hall–Kier alpha value is -2.54. The zero-order chi connectivity index (χ0) is 17.3. The minimum atomic E-state index is -1.65. The molecule has 0 fully saturated rings. The molecule has 2 aromatic rings. The highest BCUT2D eigenvalue weighted by Crippen LogP contribution is 2.35. The number of hydrogen-bond acceptors (Lipinski definition) is 4. The molecule has 0 saturated carbocycles. The molecule has 0 radical (unpaired) electrons. The van der Waals surface area contributed by atoms with Crippen LogP contribution in [0.2, 0.25) is 5.02 Å². The first-order chi connectivity index (χ1) is 11.4. The normalized spacial score (nSPS) is 19.2. The summed E-state index contributed by atoms with van der Waals surface area (Å²) in [5.74, 6) is -0.667. The molecule has 1 unspecified atom stereocenters. The van der Waals surface area contributed by atoms with Gasteiger partial charge < -0.3 is 15.4 Å².